The second kappa shape index (κ2) is 6.15. The van der Waals surface area contributed by atoms with Crippen LogP contribution < -0.4 is 5.32 Å². The number of aromatic nitrogens is 3. The van der Waals surface area contributed by atoms with Crippen molar-refractivity contribution < 1.29 is 4.74 Å². The zero-order valence-electron chi connectivity index (χ0n) is 11.7. The maximum atomic E-state index is 5.44. The highest BCUT2D eigenvalue weighted by atomic mass is 16.5. The summed E-state index contributed by atoms with van der Waals surface area (Å²) in [5.74, 6) is 0.565. The molecule has 20 heavy (non-hydrogen) atoms. The lowest BCUT2D eigenvalue weighted by Gasteiger charge is -2.28. The van der Waals surface area contributed by atoms with Gasteiger partial charge in [0.15, 0.2) is 0 Å². The molecule has 3 rings (SSSR count). The van der Waals surface area contributed by atoms with Gasteiger partial charge >= 0.3 is 0 Å². The Kier molecular flexibility index (Phi) is 4.08. The first kappa shape index (κ1) is 13.3. The van der Waals surface area contributed by atoms with Gasteiger partial charge in [0, 0.05) is 13.2 Å². The second-order valence-corrected chi connectivity index (χ2v) is 5.11. The minimum Gasteiger partial charge on any atom is -0.381 e. The molecule has 1 aromatic carbocycles. The lowest BCUT2D eigenvalue weighted by atomic mass is 9.90. The van der Waals surface area contributed by atoms with Gasteiger partial charge in [-0.1, -0.05) is 18.2 Å². The highest BCUT2D eigenvalue weighted by molar-refractivity contribution is 5.28. The summed E-state index contributed by atoms with van der Waals surface area (Å²) in [4.78, 5) is 1.69. The first-order valence-electron chi connectivity index (χ1n) is 7.11. The third-order valence-corrected chi connectivity index (χ3v) is 3.86. The predicted octanol–water partition coefficient (Wildman–Crippen LogP) is 1.95. The van der Waals surface area contributed by atoms with E-state index in [1.807, 2.05) is 43.6 Å². The van der Waals surface area contributed by atoms with Crippen molar-refractivity contribution >= 4 is 0 Å². The topological polar surface area (TPSA) is 52.0 Å². The molecular weight excluding hydrogens is 252 g/mol. The highest BCUT2D eigenvalue weighted by Crippen LogP contribution is 2.28. The van der Waals surface area contributed by atoms with Crippen LogP contribution in [0.15, 0.2) is 36.5 Å². The van der Waals surface area contributed by atoms with Crippen molar-refractivity contribution in [3.63, 3.8) is 0 Å². The molecule has 0 bridgehead atoms. The number of hydrogen-bond donors (Lipinski definition) is 1. The maximum absolute atomic E-state index is 5.44. The molecule has 1 aliphatic heterocycles. The fraction of sp³-hybridized carbons (Fsp3) is 0.467. The molecule has 1 saturated heterocycles. The van der Waals surface area contributed by atoms with E-state index in [-0.39, 0.29) is 6.04 Å². The fourth-order valence-electron chi connectivity index (χ4n) is 2.78. The van der Waals surface area contributed by atoms with E-state index in [2.05, 4.69) is 15.5 Å². The van der Waals surface area contributed by atoms with Crippen LogP contribution in [-0.4, -0.2) is 35.3 Å². The molecule has 106 valence electrons. The minimum atomic E-state index is 0.247. The number of para-hydroxylation sites is 1. The van der Waals surface area contributed by atoms with Gasteiger partial charge in [0.1, 0.15) is 5.69 Å². The Morgan fingerprint density at radius 1 is 1.25 bits per heavy atom. The summed E-state index contributed by atoms with van der Waals surface area (Å²) in [5.41, 5.74) is 1.99. The van der Waals surface area contributed by atoms with Crippen molar-refractivity contribution in [1.82, 2.24) is 20.3 Å². The largest absolute Gasteiger partial charge is 0.381 e. The summed E-state index contributed by atoms with van der Waals surface area (Å²) in [6.07, 6.45) is 4.01. The third-order valence-electron chi connectivity index (χ3n) is 3.86. The van der Waals surface area contributed by atoms with Gasteiger partial charge < -0.3 is 10.1 Å². The molecule has 1 N–H and O–H groups in total. The molecule has 2 aromatic rings. The number of rotatable bonds is 4. The van der Waals surface area contributed by atoms with Crippen LogP contribution >= 0.6 is 0 Å². The van der Waals surface area contributed by atoms with Crippen LogP contribution in [0, 0.1) is 5.92 Å². The van der Waals surface area contributed by atoms with Crippen LogP contribution in [0.1, 0.15) is 24.6 Å². The second-order valence-electron chi connectivity index (χ2n) is 5.11. The third kappa shape index (κ3) is 2.73. The van der Waals surface area contributed by atoms with Gasteiger partial charge in [-0.25, -0.2) is 0 Å². The number of nitrogens with zero attached hydrogens (tertiary/aromatic N) is 3. The van der Waals surface area contributed by atoms with E-state index in [0.717, 1.165) is 37.4 Å². The predicted molar refractivity (Wildman–Crippen MR) is 76.7 cm³/mol. The van der Waals surface area contributed by atoms with Crippen LogP contribution in [0.5, 0.6) is 0 Å². The van der Waals surface area contributed by atoms with Crippen LogP contribution in [0.2, 0.25) is 0 Å². The molecule has 5 nitrogen and oxygen atoms in total. The molecule has 5 heteroatoms. The van der Waals surface area contributed by atoms with Gasteiger partial charge in [0.2, 0.25) is 0 Å². The SMILES string of the molecule is CNC(c1cnn(-c2ccccc2)n1)C1CCOCC1. The average molecular weight is 272 g/mol. The van der Waals surface area contributed by atoms with Crippen molar-refractivity contribution in [3.05, 3.63) is 42.2 Å². The molecule has 1 aromatic heterocycles. The first-order chi connectivity index (χ1) is 9.88. The maximum Gasteiger partial charge on any atom is 0.100 e. The van der Waals surface area contributed by atoms with Crippen molar-refractivity contribution in [2.45, 2.75) is 18.9 Å². The van der Waals surface area contributed by atoms with Gasteiger partial charge in [-0.05, 0) is 37.9 Å². The molecule has 0 aliphatic carbocycles. The van der Waals surface area contributed by atoms with E-state index in [4.69, 9.17) is 4.74 Å². The number of hydrogen-bond acceptors (Lipinski definition) is 4. The Morgan fingerprint density at radius 2 is 2.00 bits per heavy atom. The molecule has 1 atom stereocenters. The van der Waals surface area contributed by atoms with Crippen LogP contribution in [-0.2, 0) is 4.74 Å². The lowest BCUT2D eigenvalue weighted by molar-refractivity contribution is 0.0540. The molecule has 1 fully saturated rings. The van der Waals surface area contributed by atoms with E-state index in [0.29, 0.717) is 5.92 Å². The van der Waals surface area contributed by atoms with E-state index in [1.54, 1.807) is 4.80 Å². The van der Waals surface area contributed by atoms with Crippen molar-refractivity contribution in [2.24, 2.45) is 5.92 Å². The van der Waals surface area contributed by atoms with Gasteiger partial charge in [-0.3, -0.25) is 0 Å². The van der Waals surface area contributed by atoms with E-state index < -0.39 is 0 Å². The van der Waals surface area contributed by atoms with Crippen molar-refractivity contribution in [3.8, 4) is 5.69 Å². The lowest BCUT2D eigenvalue weighted by Crippen LogP contribution is -2.30. The quantitative estimate of drug-likeness (QED) is 0.924. The Bertz CT molecular complexity index is 534. The van der Waals surface area contributed by atoms with Crippen molar-refractivity contribution in [1.29, 1.82) is 0 Å². The highest BCUT2D eigenvalue weighted by Gasteiger charge is 2.26. The van der Waals surface area contributed by atoms with E-state index in [1.165, 1.54) is 0 Å². The van der Waals surface area contributed by atoms with E-state index in [9.17, 15) is 0 Å². The fourth-order valence-corrected chi connectivity index (χ4v) is 2.78. The van der Waals surface area contributed by atoms with E-state index >= 15 is 0 Å². The number of ether oxygens (including phenoxy) is 1. The molecule has 0 spiro atoms. The van der Waals surface area contributed by atoms with Crippen LogP contribution in [0.3, 0.4) is 0 Å². The Labute approximate surface area is 118 Å². The molecule has 1 unspecified atom stereocenters. The summed E-state index contributed by atoms with van der Waals surface area (Å²) >= 11 is 0. The van der Waals surface area contributed by atoms with Gasteiger partial charge in [0.25, 0.3) is 0 Å². The summed E-state index contributed by atoms with van der Waals surface area (Å²) in [7, 11) is 1.99. The Morgan fingerprint density at radius 3 is 2.70 bits per heavy atom. The molecule has 1 aliphatic rings. The molecule has 0 saturated carbocycles. The van der Waals surface area contributed by atoms with Crippen LogP contribution in [0.25, 0.3) is 5.69 Å². The van der Waals surface area contributed by atoms with Gasteiger partial charge in [-0.2, -0.15) is 15.0 Å². The average Bonchev–Trinajstić information content (AvgIpc) is 3.00. The smallest absolute Gasteiger partial charge is 0.100 e. The first-order valence-corrected chi connectivity index (χ1v) is 7.11. The molecule has 2 heterocycles. The monoisotopic (exact) mass is 272 g/mol. The number of nitrogens with one attached hydrogen (secondary N) is 1. The summed E-state index contributed by atoms with van der Waals surface area (Å²) in [6, 6.07) is 10.2. The minimum absolute atomic E-state index is 0.247. The standard InChI is InChI=1S/C15H20N4O/c1-16-15(12-7-9-20-10-8-12)14-11-17-19(18-14)13-5-3-2-4-6-13/h2-6,11-12,15-16H,7-10H2,1H3. The summed E-state index contributed by atoms with van der Waals surface area (Å²) in [5, 5.41) is 12.4. The van der Waals surface area contributed by atoms with Crippen LogP contribution in [0.4, 0.5) is 0 Å². The normalized spacial score (nSPS) is 18.1. The van der Waals surface area contributed by atoms with Gasteiger partial charge in [0.05, 0.1) is 17.9 Å². The van der Waals surface area contributed by atoms with Crippen molar-refractivity contribution in [2.75, 3.05) is 20.3 Å². The summed E-state index contributed by atoms with van der Waals surface area (Å²) < 4.78 is 5.44. The molecular formula is C15H20N4O. The Balaban J connectivity index is 1.80. The molecule has 0 radical (unpaired) electrons. The zero-order chi connectivity index (χ0) is 13.8. The summed E-state index contributed by atoms with van der Waals surface area (Å²) in [6.45, 7) is 1.69. The number of benzene rings is 1. The zero-order valence-corrected chi connectivity index (χ0v) is 11.7. The van der Waals surface area contributed by atoms with Gasteiger partial charge in [-0.15, -0.1) is 0 Å². The molecule has 0 amide bonds. The Hall–Kier alpha value is -1.72.